The Labute approximate surface area is 85.6 Å². The van der Waals surface area contributed by atoms with Gasteiger partial charge in [0, 0.05) is 6.54 Å². The van der Waals surface area contributed by atoms with Gasteiger partial charge in [0.25, 0.3) is 0 Å². The van der Waals surface area contributed by atoms with E-state index in [0.29, 0.717) is 6.54 Å². The Hall–Kier alpha value is -1.08. The van der Waals surface area contributed by atoms with Crippen LogP contribution in [0.25, 0.3) is 5.57 Å². The van der Waals surface area contributed by atoms with Gasteiger partial charge in [0.05, 0.1) is 0 Å². The van der Waals surface area contributed by atoms with Crippen molar-refractivity contribution in [2.24, 2.45) is 5.73 Å². The molecule has 1 aliphatic rings. The van der Waals surface area contributed by atoms with Crippen LogP contribution in [-0.4, -0.2) is 6.54 Å². The lowest BCUT2D eigenvalue weighted by atomic mass is 9.86. The highest BCUT2D eigenvalue weighted by atomic mass is 14.5. The fourth-order valence-electron chi connectivity index (χ4n) is 2.17. The summed E-state index contributed by atoms with van der Waals surface area (Å²) in [5.41, 5.74) is 11.3. The maximum Gasteiger partial charge on any atom is 0.0112 e. The molecule has 0 aromatic heterocycles. The molecule has 1 nitrogen and oxygen atoms in total. The third-order valence-electron chi connectivity index (χ3n) is 2.87. The third-order valence-corrected chi connectivity index (χ3v) is 2.87. The number of fused-ring (bicyclic) bond motifs is 1. The van der Waals surface area contributed by atoms with E-state index in [1.807, 2.05) is 0 Å². The summed E-state index contributed by atoms with van der Waals surface area (Å²) in [5, 5.41) is 0. The standard InChI is InChI=1S/C13H17N/c1-10-5-6-11-3-2-4-12(7-8-14)13(11)9-10/h5-7,9H,2-4,8,14H2,1H3/b12-7-. The van der Waals surface area contributed by atoms with Gasteiger partial charge >= 0.3 is 0 Å². The Bertz CT molecular complexity index is 363. The predicted molar refractivity (Wildman–Crippen MR) is 61.1 cm³/mol. The number of rotatable bonds is 1. The van der Waals surface area contributed by atoms with Gasteiger partial charge in [-0.15, -0.1) is 0 Å². The van der Waals surface area contributed by atoms with Crippen LogP contribution in [0.3, 0.4) is 0 Å². The van der Waals surface area contributed by atoms with Gasteiger partial charge in [0.15, 0.2) is 0 Å². The largest absolute Gasteiger partial charge is 0.327 e. The lowest BCUT2D eigenvalue weighted by Gasteiger charge is -2.19. The second-order valence-electron chi connectivity index (χ2n) is 3.98. The third kappa shape index (κ3) is 1.73. The first kappa shape index (κ1) is 9.47. The summed E-state index contributed by atoms with van der Waals surface area (Å²) < 4.78 is 0. The highest BCUT2D eigenvalue weighted by Gasteiger charge is 2.12. The monoisotopic (exact) mass is 187 g/mol. The molecule has 0 amide bonds. The summed E-state index contributed by atoms with van der Waals surface area (Å²) in [5.74, 6) is 0. The van der Waals surface area contributed by atoms with Gasteiger partial charge < -0.3 is 5.73 Å². The summed E-state index contributed by atoms with van der Waals surface area (Å²) in [6, 6.07) is 6.74. The van der Waals surface area contributed by atoms with E-state index in [9.17, 15) is 0 Å². The molecule has 0 spiro atoms. The van der Waals surface area contributed by atoms with Gasteiger partial charge in [0.1, 0.15) is 0 Å². The van der Waals surface area contributed by atoms with Crippen LogP contribution in [-0.2, 0) is 6.42 Å². The van der Waals surface area contributed by atoms with E-state index >= 15 is 0 Å². The van der Waals surface area contributed by atoms with E-state index in [1.165, 1.54) is 41.5 Å². The molecule has 1 heteroatoms. The molecule has 0 bridgehead atoms. The zero-order valence-electron chi connectivity index (χ0n) is 8.72. The van der Waals surface area contributed by atoms with E-state index in [4.69, 9.17) is 5.73 Å². The minimum absolute atomic E-state index is 0.655. The van der Waals surface area contributed by atoms with Crippen molar-refractivity contribution in [3.05, 3.63) is 41.0 Å². The number of allylic oxidation sites excluding steroid dienone is 1. The molecule has 74 valence electrons. The van der Waals surface area contributed by atoms with Crippen LogP contribution in [0.5, 0.6) is 0 Å². The van der Waals surface area contributed by atoms with Gasteiger partial charge in [-0.2, -0.15) is 0 Å². The minimum Gasteiger partial charge on any atom is -0.327 e. The quantitative estimate of drug-likeness (QED) is 0.718. The number of hydrogen-bond acceptors (Lipinski definition) is 1. The number of benzene rings is 1. The highest BCUT2D eigenvalue weighted by Crippen LogP contribution is 2.30. The normalized spacial score (nSPS) is 18.3. The fraction of sp³-hybridized carbons (Fsp3) is 0.385. The van der Waals surface area contributed by atoms with Crippen molar-refractivity contribution in [3.8, 4) is 0 Å². The van der Waals surface area contributed by atoms with Crippen molar-refractivity contribution in [2.75, 3.05) is 6.54 Å². The van der Waals surface area contributed by atoms with E-state index in [0.717, 1.165) is 0 Å². The Balaban J connectivity index is 2.47. The predicted octanol–water partition coefficient (Wildman–Crippen LogP) is 2.67. The SMILES string of the molecule is Cc1ccc2c(c1)/C(=C\CN)CCC2. The molecule has 1 aliphatic carbocycles. The van der Waals surface area contributed by atoms with Gasteiger partial charge in [-0.1, -0.05) is 29.8 Å². The average molecular weight is 187 g/mol. The Morgan fingerprint density at radius 1 is 1.36 bits per heavy atom. The first-order valence-electron chi connectivity index (χ1n) is 5.30. The van der Waals surface area contributed by atoms with Crippen molar-refractivity contribution >= 4 is 5.57 Å². The molecule has 0 saturated carbocycles. The highest BCUT2D eigenvalue weighted by molar-refractivity contribution is 5.70. The number of hydrogen-bond donors (Lipinski definition) is 1. The second kappa shape index (κ2) is 3.97. The first-order chi connectivity index (χ1) is 6.81. The molecule has 0 heterocycles. The Morgan fingerprint density at radius 2 is 2.21 bits per heavy atom. The molecule has 2 rings (SSSR count). The summed E-state index contributed by atoms with van der Waals surface area (Å²) in [6.45, 7) is 2.80. The second-order valence-corrected chi connectivity index (χ2v) is 3.98. The van der Waals surface area contributed by atoms with Crippen LogP contribution in [0.4, 0.5) is 0 Å². The first-order valence-corrected chi connectivity index (χ1v) is 5.30. The van der Waals surface area contributed by atoms with Crippen LogP contribution >= 0.6 is 0 Å². The van der Waals surface area contributed by atoms with E-state index in [1.54, 1.807) is 0 Å². The zero-order valence-corrected chi connectivity index (χ0v) is 8.72. The van der Waals surface area contributed by atoms with Crippen molar-refractivity contribution in [2.45, 2.75) is 26.2 Å². The molecular weight excluding hydrogens is 170 g/mol. The van der Waals surface area contributed by atoms with Crippen LogP contribution < -0.4 is 5.73 Å². The molecule has 0 aliphatic heterocycles. The molecule has 0 unspecified atom stereocenters. The van der Waals surface area contributed by atoms with E-state index in [2.05, 4.69) is 31.2 Å². The average Bonchev–Trinajstić information content (AvgIpc) is 2.19. The van der Waals surface area contributed by atoms with E-state index < -0.39 is 0 Å². The smallest absolute Gasteiger partial charge is 0.0112 e. The van der Waals surface area contributed by atoms with E-state index in [-0.39, 0.29) is 0 Å². The molecule has 0 fully saturated rings. The number of aryl methyl sites for hydroxylation is 2. The van der Waals surface area contributed by atoms with Crippen LogP contribution in [0, 0.1) is 6.92 Å². The Kier molecular flexibility index (Phi) is 2.69. The van der Waals surface area contributed by atoms with Crippen LogP contribution in [0.1, 0.15) is 29.5 Å². The molecule has 1 aromatic carbocycles. The molecule has 1 aromatic rings. The van der Waals surface area contributed by atoms with Gasteiger partial charge in [0.2, 0.25) is 0 Å². The Morgan fingerprint density at radius 3 is 3.00 bits per heavy atom. The summed E-state index contributed by atoms with van der Waals surface area (Å²) in [6.07, 6.45) is 5.84. The number of nitrogens with two attached hydrogens (primary N) is 1. The molecular formula is C13H17N. The maximum absolute atomic E-state index is 5.58. The molecule has 14 heavy (non-hydrogen) atoms. The van der Waals surface area contributed by atoms with Crippen molar-refractivity contribution in [1.82, 2.24) is 0 Å². The molecule has 0 saturated heterocycles. The molecule has 2 N–H and O–H groups in total. The van der Waals surface area contributed by atoms with Crippen LogP contribution in [0.2, 0.25) is 0 Å². The van der Waals surface area contributed by atoms with Crippen molar-refractivity contribution in [1.29, 1.82) is 0 Å². The summed E-state index contributed by atoms with van der Waals surface area (Å²) in [4.78, 5) is 0. The molecule has 0 atom stereocenters. The summed E-state index contributed by atoms with van der Waals surface area (Å²) in [7, 11) is 0. The van der Waals surface area contributed by atoms with Gasteiger partial charge in [-0.3, -0.25) is 0 Å². The van der Waals surface area contributed by atoms with Gasteiger partial charge in [-0.05, 0) is 42.9 Å². The lowest BCUT2D eigenvalue weighted by molar-refractivity contribution is 0.819. The van der Waals surface area contributed by atoms with Gasteiger partial charge in [-0.25, -0.2) is 0 Å². The zero-order chi connectivity index (χ0) is 9.97. The summed E-state index contributed by atoms with van der Waals surface area (Å²) >= 11 is 0. The molecule has 0 radical (unpaired) electrons. The van der Waals surface area contributed by atoms with Crippen LogP contribution in [0.15, 0.2) is 24.3 Å². The fourth-order valence-corrected chi connectivity index (χ4v) is 2.17. The topological polar surface area (TPSA) is 26.0 Å². The lowest BCUT2D eigenvalue weighted by Crippen LogP contribution is -2.04. The maximum atomic E-state index is 5.58. The minimum atomic E-state index is 0.655. The van der Waals surface area contributed by atoms with Crippen molar-refractivity contribution < 1.29 is 0 Å². The van der Waals surface area contributed by atoms with Crippen molar-refractivity contribution in [3.63, 3.8) is 0 Å².